The molecule has 27 heavy (non-hydrogen) atoms. The number of benzene rings is 2. The van der Waals surface area contributed by atoms with Gasteiger partial charge in [-0.05, 0) is 30.7 Å². The molecule has 2 rings (SSSR count). The fourth-order valence-electron chi connectivity index (χ4n) is 2.35. The molecule has 1 atom stereocenters. The van der Waals surface area contributed by atoms with Crippen LogP contribution in [0.25, 0.3) is 0 Å². The molecule has 2 amide bonds. The first-order valence-corrected chi connectivity index (χ1v) is 7.97. The number of carbonyl (C=O) groups excluding carboxylic acids is 2. The van der Waals surface area contributed by atoms with E-state index in [0.29, 0.717) is 5.56 Å². The molecule has 8 nitrogen and oxygen atoms in total. The Morgan fingerprint density at radius 2 is 2.00 bits per heavy atom. The van der Waals surface area contributed by atoms with Crippen LogP contribution < -0.4 is 15.4 Å². The zero-order valence-corrected chi connectivity index (χ0v) is 14.7. The van der Waals surface area contributed by atoms with E-state index in [0.717, 1.165) is 6.07 Å². The Kier molecular flexibility index (Phi) is 6.42. The lowest BCUT2D eigenvalue weighted by Crippen LogP contribution is -2.38. The summed E-state index contributed by atoms with van der Waals surface area (Å²) >= 11 is 0. The summed E-state index contributed by atoms with van der Waals surface area (Å²) in [5.41, 5.74) is 0.385. The van der Waals surface area contributed by atoms with E-state index in [1.807, 2.05) is 0 Å². The summed E-state index contributed by atoms with van der Waals surface area (Å²) in [5, 5.41) is 15.7. The second-order valence-corrected chi connectivity index (χ2v) is 5.67. The van der Waals surface area contributed by atoms with Crippen molar-refractivity contribution in [2.75, 3.05) is 13.7 Å². The van der Waals surface area contributed by atoms with E-state index in [-0.39, 0.29) is 23.5 Å². The van der Waals surface area contributed by atoms with Crippen LogP contribution in [0.2, 0.25) is 0 Å². The van der Waals surface area contributed by atoms with Gasteiger partial charge in [0, 0.05) is 17.7 Å². The number of nitro benzene ring substituents is 1. The summed E-state index contributed by atoms with van der Waals surface area (Å²) in [7, 11) is 1.35. The average Bonchev–Trinajstić information content (AvgIpc) is 2.66. The molecule has 142 valence electrons. The van der Waals surface area contributed by atoms with E-state index >= 15 is 0 Å². The topological polar surface area (TPSA) is 111 Å². The quantitative estimate of drug-likeness (QED) is 0.570. The Morgan fingerprint density at radius 3 is 2.63 bits per heavy atom. The van der Waals surface area contributed by atoms with Crippen molar-refractivity contribution >= 4 is 17.5 Å². The molecule has 0 saturated heterocycles. The Morgan fingerprint density at radius 1 is 1.26 bits per heavy atom. The lowest BCUT2D eigenvalue weighted by Gasteiger charge is -2.15. The molecule has 0 aliphatic heterocycles. The largest absolute Gasteiger partial charge is 0.494 e. The minimum absolute atomic E-state index is 0.0715. The van der Waals surface area contributed by atoms with Crippen molar-refractivity contribution in [1.82, 2.24) is 10.6 Å². The number of nitrogens with one attached hydrogen (secondary N) is 2. The molecule has 0 spiro atoms. The minimum Gasteiger partial charge on any atom is -0.494 e. The van der Waals surface area contributed by atoms with Crippen molar-refractivity contribution in [3.05, 3.63) is 69.5 Å². The molecule has 0 unspecified atom stereocenters. The molecule has 2 aromatic carbocycles. The smallest absolute Gasteiger partial charge is 0.270 e. The molecule has 0 aliphatic rings. The fraction of sp³-hybridized carbons (Fsp3) is 0.222. The van der Waals surface area contributed by atoms with Gasteiger partial charge in [0.05, 0.1) is 24.6 Å². The third-order valence-corrected chi connectivity index (χ3v) is 3.78. The van der Waals surface area contributed by atoms with E-state index in [9.17, 15) is 24.1 Å². The molecule has 0 aliphatic carbocycles. The first-order chi connectivity index (χ1) is 12.8. The predicted octanol–water partition coefficient (Wildman–Crippen LogP) is 2.35. The number of nitro groups is 1. The molecule has 0 aromatic heterocycles. The number of amides is 2. The van der Waals surface area contributed by atoms with Gasteiger partial charge in [0.15, 0.2) is 11.6 Å². The molecular formula is C18H18FN3O5. The van der Waals surface area contributed by atoms with Crippen molar-refractivity contribution in [3.63, 3.8) is 0 Å². The van der Waals surface area contributed by atoms with E-state index in [1.165, 1.54) is 37.4 Å². The van der Waals surface area contributed by atoms with Gasteiger partial charge in [-0.1, -0.05) is 12.1 Å². The Labute approximate surface area is 154 Å². The summed E-state index contributed by atoms with van der Waals surface area (Å²) in [5.74, 6) is -1.55. The van der Waals surface area contributed by atoms with Gasteiger partial charge in [0.2, 0.25) is 5.91 Å². The molecule has 0 fully saturated rings. The van der Waals surface area contributed by atoms with Crippen LogP contribution in [0.3, 0.4) is 0 Å². The molecule has 2 aromatic rings. The standard InChI is InChI=1S/C18H18FN3O5/c1-11(12-6-7-16(27-2)15(19)9-12)21-17(23)10-20-18(24)13-4-3-5-14(8-13)22(25)26/h3-9,11H,10H2,1-2H3,(H,20,24)(H,21,23)/t11-/m0/s1. The van der Waals surface area contributed by atoms with Crippen molar-refractivity contribution in [3.8, 4) is 5.75 Å². The third kappa shape index (κ3) is 5.24. The minimum atomic E-state index is -0.614. The van der Waals surface area contributed by atoms with E-state index in [2.05, 4.69) is 10.6 Å². The number of rotatable bonds is 7. The van der Waals surface area contributed by atoms with Gasteiger partial charge in [-0.15, -0.1) is 0 Å². The van der Waals surface area contributed by atoms with Gasteiger partial charge >= 0.3 is 0 Å². The monoisotopic (exact) mass is 375 g/mol. The Balaban J connectivity index is 1.92. The number of methoxy groups -OCH3 is 1. The zero-order valence-electron chi connectivity index (χ0n) is 14.7. The van der Waals surface area contributed by atoms with Crippen LogP contribution in [0.5, 0.6) is 5.75 Å². The molecule has 0 bridgehead atoms. The van der Waals surface area contributed by atoms with Gasteiger partial charge in [0.1, 0.15) is 0 Å². The molecule has 9 heteroatoms. The van der Waals surface area contributed by atoms with Crippen molar-refractivity contribution < 1.29 is 23.6 Å². The van der Waals surface area contributed by atoms with Gasteiger partial charge in [-0.2, -0.15) is 0 Å². The summed E-state index contributed by atoms with van der Waals surface area (Å²) < 4.78 is 18.6. The number of carbonyl (C=O) groups is 2. The zero-order chi connectivity index (χ0) is 20.0. The molecule has 0 heterocycles. The van der Waals surface area contributed by atoms with Crippen molar-refractivity contribution in [2.45, 2.75) is 13.0 Å². The van der Waals surface area contributed by atoms with E-state index < -0.39 is 28.6 Å². The number of halogens is 1. The van der Waals surface area contributed by atoms with Crippen LogP contribution in [0.4, 0.5) is 10.1 Å². The predicted molar refractivity (Wildman–Crippen MR) is 94.9 cm³/mol. The number of hydrogen-bond donors (Lipinski definition) is 2. The molecule has 0 saturated carbocycles. The summed E-state index contributed by atoms with van der Waals surface area (Å²) in [6.45, 7) is 1.34. The second kappa shape index (κ2) is 8.75. The first-order valence-electron chi connectivity index (χ1n) is 7.97. The van der Waals surface area contributed by atoms with Crippen molar-refractivity contribution in [1.29, 1.82) is 0 Å². The highest BCUT2D eigenvalue weighted by molar-refractivity contribution is 5.97. The third-order valence-electron chi connectivity index (χ3n) is 3.78. The van der Waals surface area contributed by atoms with Crippen LogP contribution in [0, 0.1) is 15.9 Å². The van der Waals surface area contributed by atoms with Crippen LogP contribution >= 0.6 is 0 Å². The van der Waals surface area contributed by atoms with Gasteiger partial charge in [-0.3, -0.25) is 19.7 Å². The highest BCUT2D eigenvalue weighted by Crippen LogP contribution is 2.21. The van der Waals surface area contributed by atoms with Gasteiger partial charge < -0.3 is 15.4 Å². The van der Waals surface area contributed by atoms with Crippen LogP contribution in [0.15, 0.2) is 42.5 Å². The first kappa shape index (κ1) is 19.8. The highest BCUT2D eigenvalue weighted by Gasteiger charge is 2.15. The maximum atomic E-state index is 13.7. The maximum Gasteiger partial charge on any atom is 0.270 e. The number of nitrogens with zero attached hydrogens (tertiary/aromatic N) is 1. The number of ether oxygens (including phenoxy) is 1. The lowest BCUT2D eigenvalue weighted by atomic mass is 10.1. The van der Waals surface area contributed by atoms with Crippen LogP contribution in [-0.4, -0.2) is 30.4 Å². The molecule has 0 radical (unpaired) electrons. The fourth-order valence-corrected chi connectivity index (χ4v) is 2.35. The SMILES string of the molecule is COc1ccc([C@H](C)NC(=O)CNC(=O)c2cccc([N+](=O)[O-])c2)cc1F. The lowest BCUT2D eigenvalue weighted by molar-refractivity contribution is -0.384. The van der Waals surface area contributed by atoms with Gasteiger partial charge in [-0.25, -0.2) is 4.39 Å². The Hall–Kier alpha value is -3.49. The number of hydrogen-bond acceptors (Lipinski definition) is 5. The van der Waals surface area contributed by atoms with E-state index in [4.69, 9.17) is 4.74 Å². The molecule has 2 N–H and O–H groups in total. The summed E-state index contributed by atoms with van der Waals surface area (Å²) in [4.78, 5) is 34.1. The van der Waals surface area contributed by atoms with Crippen molar-refractivity contribution in [2.24, 2.45) is 0 Å². The average molecular weight is 375 g/mol. The summed E-state index contributed by atoms with van der Waals surface area (Å²) in [6.07, 6.45) is 0. The normalized spacial score (nSPS) is 11.4. The second-order valence-electron chi connectivity index (χ2n) is 5.67. The van der Waals surface area contributed by atoms with E-state index in [1.54, 1.807) is 13.0 Å². The number of non-ortho nitro benzene ring substituents is 1. The highest BCUT2D eigenvalue weighted by atomic mass is 19.1. The van der Waals surface area contributed by atoms with Gasteiger partial charge in [0.25, 0.3) is 11.6 Å². The Bertz CT molecular complexity index is 872. The molecular weight excluding hydrogens is 357 g/mol. The van der Waals surface area contributed by atoms with Crippen LogP contribution in [-0.2, 0) is 4.79 Å². The van der Waals surface area contributed by atoms with Crippen LogP contribution in [0.1, 0.15) is 28.9 Å². The maximum absolute atomic E-state index is 13.7. The summed E-state index contributed by atoms with van der Waals surface area (Å²) in [6, 6.07) is 9.01.